The summed E-state index contributed by atoms with van der Waals surface area (Å²) in [6.07, 6.45) is 0. The van der Waals surface area contributed by atoms with E-state index < -0.39 is 11.2 Å². The van der Waals surface area contributed by atoms with Crippen LogP contribution in [0.1, 0.15) is 65.4 Å². The van der Waals surface area contributed by atoms with Gasteiger partial charge in [0.2, 0.25) is 0 Å². The summed E-state index contributed by atoms with van der Waals surface area (Å²) in [5.41, 5.74) is 3.11. The van der Waals surface area contributed by atoms with Crippen LogP contribution in [0.3, 0.4) is 0 Å². The molecule has 1 aliphatic heterocycles. The molecular formula is C25H27N3O2. The Morgan fingerprint density at radius 1 is 0.900 bits per heavy atom. The summed E-state index contributed by atoms with van der Waals surface area (Å²) < 4.78 is 8.42. The molecule has 0 bridgehead atoms. The van der Waals surface area contributed by atoms with Gasteiger partial charge >= 0.3 is 0 Å². The fourth-order valence-corrected chi connectivity index (χ4v) is 4.83. The van der Waals surface area contributed by atoms with Crippen LogP contribution < -0.4 is 5.56 Å². The molecule has 0 amide bonds. The summed E-state index contributed by atoms with van der Waals surface area (Å²) in [5, 5.41) is 1.48. The van der Waals surface area contributed by atoms with Crippen molar-refractivity contribution in [2.45, 2.75) is 65.1 Å². The molecule has 0 fully saturated rings. The van der Waals surface area contributed by atoms with Crippen LogP contribution in [0.25, 0.3) is 27.5 Å². The maximum absolute atomic E-state index is 13.2. The van der Waals surface area contributed by atoms with Gasteiger partial charge in [0.15, 0.2) is 5.65 Å². The first-order chi connectivity index (χ1) is 13.9. The van der Waals surface area contributed by atoms with Crippen molar-refractivity contribution in [2.75, 3.05) is 0 Å². The van der Waals surface area contributed by atoms with Gasteiger partial charge in [-0.25, -0.2) is 4.98 Å². The second-order valence-corrected chi connectivity index (χ2v) is 10.3. The minimum atomic E-state index is -0.465. The zero-order chi connectivity index (χ0) is 21.6. The Bertz CT molecular complexity index is 1420. The van der Waals surface area contributed by atoms with Gasteiger partial charge in [0.25, 0.3) is 5.56 Å². The number of hydrogen-bond acceptors (Lipinski definition) is 4. The number of ether oxygens (including phenoxy) is 1. The molecule has 154 valence electrons. The van der Waals surface area contributed by atoms with E-state index in [1.54, 1.807) is 0 Å². The lowest BCUT2D eigenvalue weighted by Gasteiger charge is -2.24. The highest BCUT2D eigenvalue weighted by atomic mass is 16.5. The van der Waals surface area contributed by atoms with Crippen LogP contribution in [0.4, 0.5) is 0 Å². The first-order valence-electron chi connectivity index (χ1n) is 10.4. The largest absolute Gasteiger partial charge is 0.360 e. The molecule has 3 heterocycles. The van der Waals surface area contributed by atoms with Crippen molar-refractivity contribution in [1.82, 2.24) is 14.4 Å². The monoisotopic (exact) mass is 401 g/mol. The van der Waals surface area contributed by atoms with E-state index in [0.717, 1.165) is 33.4 Å². The van der Waals surface area contributed by atoms with E-state index in [0.29, 0.717) is 11.0 Å². The quantitative estimate of drug-likeness (QED) is 0.380. The molecular weight excluding hydrogens is 374 g/mol. The first kappa shape index (κ1) is 19.2. The van der Waals surface area contributed by atoms with Gasteiger partial charge in [-0.05, 0) is 63.1 Å². The van der Waals surface area contributed by atoms with E-state index in [4.69, 9.17) is 9.72 Å². The molecule has 5 rings (SSSR count). The third-order valence-electron chi connectivity index (χ3n) is 6.09. The Kier molecular flexibility index (Phi) is 3.63. The fraction of sp³-hybridized carbons (Fsp3) is 0.400. The molecule has 1 aliphatic rings. The summed E-state index contributed by atoms with van der Waals surface area (Å²) >= 11 is 0. The molecule has 0 atom stereocenters. The predicted molar refractivity (Wildman–Crippen MR) is 120 cm³/mol. The molecule has 5 nitrogen and oxygen atoms in total. The van der Waals surface area contributed by atoms with E-state index in [9.17, 15) is 4.79 Å². The number of nitrogens with zero attached hydrogens (tertiary/aromatic N) is 3. The Morgan fingerprint density at radius 3 is 2.20 bits per heavy atom. The van der Waals surface area contributed by atoms with Crippen molar-refractivity contribution in [3.05, 3.63) is 63.7 Å². The highest BCUT2D eigenvalue weighted by Gasteiger charge is 2.43. The summed E-state index contributed by atoms with van der Waals surface area (Å²) in [6, 6.07) is 12.0. The van der Waals surface area contributed by atoms with Gasteiger partial charge in [-0.1, -0.05) is 32.9 Å². The number of hydrogen-bond donors (Lipinski definition) is 0. The van der Waals surface area contributed by atoms with E-state index in [2.05, 4.69) is 50.1 Å². The molecule has 0 N–H and O–H groups in total. The molecule has 0 radical (unpaired) electrons. The van der Waals surface area contributed by atoms with Crippen molar-refractivity contribution in [3.63, 3.8) is 0 Å². The Balaban J connectivity index is 2.07. The smallest absolute Gasteiger partial charge is 0.281 e. The first-order valence-corrected chi connectivity index (χ1v) is 10.4. The SMILES string of the molecule is CC(C)(C)c1nc2ccccc2c2nc(=O)c3cc4c(cc3n12)C(C)(C)OC4(C)C. The van der Waals surface area contributed by atoms with E-state index >= 15 is 0 Å². The van der Waals surface area contributed by atoms with Crippen LogP contribution in [-0.4, -0.2) is 14.4 Å². The Hall–Kier alpha value is -2.79. The average molecular weight is 402 g/mol. The van der Waals surface area contributed by atoms with Crippen LogP contribution in [-0.2, 0) is 21.4 Å². The molecule has 0 unspecified atom stereocenters. The van der Waals surface area contributed by atoms with Crippen LogP contribution in [0.2, 0.25) is 0 Å². The van der Waals surface area contributed by atoms with Gasteiger partial charge < -0.3 is 4.74 Å². The molecule has 4 aromatic rings. The highest BCUT2D eigenvalue weighted by Crippen LogP contribution is 2.47. The van der Waals surface area contributed by atoms with Gasteiger partial charge in [-0.15, -0.1) is 0 Å². The standard InChI is InChI=1S/C25H27N3O2/c1-23(2,3)22-26-18-11-9-8-10-14(18)20-27-21(29)15-12-16-17(13-19(15)28(20)22)25(6,7)30-24(16,4)5/h8-13H,1-7H3. The lowest BCUT2D eigenvalue weighted by atomic mass is 9.89. The van der Waals surface area contributed by atoms with Crippen LogP contribution in [0.5, 0.6) is 0 Å². The number of aromatic nitrogens is 3. The molecule has 0 aliphatic carbocycles. The Labute approximate surface area is 175 Å². The van der Waals surface area contributed by atoms with Crippen molar-refractivity contribution in [3.8, 4) is 0 Å². The van der Waals surface area contributed by atoms with Crippen LogP contribution in [0, 0.1) is 0 Å². The maximum atomic E-state index is 13.2. The summed E-state index contributed by atoms with van der Waals surface area (Å²) in [5.74, 6) is 0.879. The van der Waals surface area contributed by atoms with Crippen molar-refractivity contribution in [2.24, 2.45) is 0 Å². The lowest BCUT2D eigenvalue weighted by Crippen LogP contribution is -2.23. The topological polar surface area (TPSA) is 56.5 Å². The Morgan fingerprint density at radius 2 is 1.53 bits per heavy atom. The van der Waals surface area contributed by atoms with E-state index in [1.165, 1.54) is 0 Å². The number of benzene rings is 2. The second-order valence-electron chi connectivity index (χ2n) is 10.3. The summed E-state index contributed by atoms with van der Waals surface area (Å²) in [7, 11) is 0. The number of fused-ring (bicyclic) bond motifs is 6. The van der Waals surface area contributed by atoms with Gasteiger partial charge in [0, 0.05) is 10.8 Å². The lowest BCUT2D eigenvalue weighted by molar-refractivity contribution is -0.105. The zero-order valence-electron chi connectivity index (χ0n) is 18.6. The summed E-state index contributed by atoms with van der Waals surface area (Å²) in [4.78, 5) is 22.7. The van der Waals surface area contributed by atoms with E-state index in [1.807, 2.05) is 44.2 Å². The van der Waals surface area contributed by atoms with Crippen LogP contribution >= 0.6 is 0 Å². The number of para-hydroxylation sites is 1. The van der Waals surface area contributed by atoms with Gasteiger partial charge in [-0.2, -0.15) is 4.98 Å². The third kappa shape index (κ3) is 2.54. The molecule has 0 spiro atoms. The van der Waals surface area contributed by atoms with E-state index in [-0.39, 0.29) is 11.0 Å². The molecule has 5 heteroatoms. The zero-order valence-corrected chi connectivity index (χ0v) is 18.6. The molecule has 0 saturated carbocycles. The van der Waals surface area contributed by atoms with Gasteiger partial charge in [-0.3, -0.25) is 9.20 Å². The van der Waals surface area contributed by atoms with Crippen molar-refractivity contribution >= 4 is 27.5 Å². The maximum Gasteiger partial charge on any atom is 0.281 e. The van der Waals surface area contributed by atoms with Crippen LogP contribution in [0.15, 0.2) is 41.2 Å². The molecule has 2 aromatic carbocycles. The fourth-order valence-electron chi connectivity index (χ4n) is 4.83. The minimum Gasteiger partial charge on any atom is -0.360 e. The second kappa shape index (κ2) is 5.67. The van der Waals surface area contributed by atoms with Crippen molar-refractivity contribution < 1.29 is 4.74 Å². The normalized spacial score (nSPS) is 17.7. The highest BCUT2D eigenvalue weighted by molar-refractivity contribution is 5.95. The minimum absolute atomic E-state index is 0.218. The average Bonchev–Trinajstić information content (AvgIpc) is 2.83. The summed E-state index contributed by atoms with van der Waals surface area (Å²) in [6.45, 7) is 14.7. The molecule has 2 aromatic heterocycles. The molecule has 0 saturated heterocycles. The molecule has 30 heavy (non-hydrogen) atoms. The van der Waals surface area contributed by atoms with Gasteiger partial charge in [0.05, 0.1) is 27.6 Å². The predicted octanol–water partition coefficient (Wildman–Crippen LogP) is 5.19. The number of rotatable bonds is 0. The van der Waals surface area contributed by atoms with Gasteiger partial charge in [0.1, 0.15) is 5.82 Å². The van der Waals surface area contributed by atoms with Crippen molar-refractivity contribution in [1.29, 1.82) is 0 Å². The third-order valence-corrected chi connectivity index (χ3v) is 6.09.